The van der Waals surface area contributed by atoms with Crippen LogP contribution in [0.2, 0.25) is 0 Å². The first kappa shape index (κ1) is 26.0. The molecule has 2 N–H and O–H groups in total. The van der Waals surface area contributed by atoms with E-state index < -0.39 is 58.5 Å². The van der Waals surface area contributed by atoms with Crippen molar-refractivity contribution >= 4 is 21.8 Å². The summed E-state index contributed by atoms with van der Waals surface area (Å²) in [7, 11) is -4.09. The van der Waals surface area contributed by atoms with Crippen LogP contribution in [0.5, 0.6) is 0 Å². The van der Waals surface area contributed by atoms with Crippen LogP contribution in [-0.2, 0) is 19.6 Å². The van der Waals surface area contributed by atoms with Crippen LogP contribution >= 0.6 is 0 Å². The average molecular weight is 503 g/mol. The molecule has 2 heterocycles. The number of benzene rings is 1. The number of halogens is 3. The minimum atomic E-state index is -4.31. The first-order valence-corrected chi connectivity index (χ1v) is 12.3. The second kappa shape index (κ2) is 9.57. The van der Waals surface area contributed by atoms with Gasteiger partial charge in [0.25, 0.3) is 10.0 Å². The normalized spacial score (nSPS) is 23.5. The number of aryl methyl sites for hydroxylation is 1. The maximum atomic E-state index is 13.1. The van der Waals surface area contributed by atoms with Gasteiger partial charge in [0.2, 0.25) is 11.8 Å². The summed E-state index contributed by atoms with van der Waals surface area (Å²) in [6.45, 7) is 4.63. The van der Waals surface area contributed by atoms with Gasteiger partial charge in [-0.2, -0.15) is 13.2 Å². The Hall–Kier alpha value is -2.60. The molecule has 0 aliphatic carbocycles. The molecule has 12 heteroatoms. The summed E-state index contributed by atoms with van der Waals surface area (Å²) in [5.74, 6) is -1.20. The third-order valence-corrected chi connectivity index (χ3v) is 7.88. The maximum absolute atomic E-state index is 13.1. The summed E-state index contributed by atoms with van der Waals surface area (Å²) in [5, 5.41) is 5.24. The van der Waals surface area contributed by atoms with Crippen LogP contribution < -0.4 is 10.6 Å². The molecule has 2 amide bonds. The Morgan fingerprint density at radius 3 is 2.47 bits per heavy atom. The minimum Gasteiger partial charge on any atom is -0.353 e. The van der Waals surface area contributed by atoms with Gasteiger partial charge in [-0.25, -0.2) is 8.42 Å². The van der Waals surface area contributed by atoms with Crippen LogP contribution in [0.3, 0.4) is 0 Å². The Labute approximate surface area is 197 Å². The van der Waals surface area contributed by atoms with Crippen molar-refractivity contribution in [3.05, 3.63) is 42.2 Å². The number of piperidine rings is 1. The number of alkyl halides is 3. The quantitative estimate of drug-likeness (QED) is 0.621. The number of amides is 2. The molecule has 0 saturated carbocycles. The maximum Gasteiger partial charge on any atom is 0.401 e. The second-order valence-electron chi connectivity index (χ2n) is 9.42. The highest BCUT2D eigenvalue weighted by Gasteiger charge is 2.42. The number of carbonyl (C=O) groups excluding carboxylic acids is 2. The average Bonchev–Trinajstić information content (AvgIpc) is 2.70. The Morgan fingerprint density at radius 2 is 1.88 bits per heavy atom. The van der Waals surface area contributed by atoms with Gasteiger partial charge in [0.15, 0.2) is 0 Å². The fourth-order valence-electron chi connectivity index (χ4n) is 4.32. The van der Waals surface area contributed by atoms with E-state index >= 15 is 0 Å². The predicted octanol–water partition coefficient (Wildman–Crippen LogP) is 2.12. The molecule has 2 atom stereocenters. The van der Waals surface area contributed by atoms with Gasteiger partial charge in [-0.1, -0.05) is 31.5 Å². The van der Waals surface area contributed by atoms with Crippen molar-refractivity contribution in [1.82, 2.24) is 19.8 Å². The summed E-state index contributed by atoms with van der Waals surface area (Å²) in [5.41, 5.74) is 0.215. The van der Waals surface area contributed by atoms with Crippen molar-refractivity contribution in [3.8, 4) is 0 Å². The van der Waals surface area contributed by atoms with Crippen LogP contribution in [0, 0.1) is 12.3 Å². The number of hydrogen-bond donors (Lipinski definition) is 2. The SMILES string of the molecule is Cc1ccc(S(=O)(=O)N2C=CNC(=O)[C@H]2CC(=O)N[C@@H]2CCN(CC(F)(F)F)CC2(C)C)cc1. The smallest absolute Gasteiger partial charge is 0.353 e. The lowest BCUT2D eigenvalue weighted by Gasteiger charge is -2.44. The minimum absolute atomic E-state index is 0.0129. The lowest BCUT2D eigenvalue weighted by Crippen LogP contribution is -2.58. The zero-order valence-electron chi connectivity index (χ0n) is 19.2. The Kier molecular flexibility index (Phi) is 7.32. The Balaban J connectivity index is 1.71. The van der Waals surface area contributed by atoms with Crippen LogP contribution in [0.25, 0.3) is 0 Å². The first-order chi connectivity index (χ1) is 15.7. The largest absolute Gasteiger partial charge is 0.401 e. The Bertz CT molecular complexity index is 1050. The number of nitrogens with zero attached hydrogens (tertiary/aromatic N) is 2. The van der Waals surface area contributed by atoms with E-state index in [1.807, 2.05) is 6.92 Å². The third-order valence-electron chi connectivity index (χ3n) is 6.08. The van der Waals surface area contributed by atoms with Crippen molar-refractivity contribution in [2.45, 2.75) is 56.8 Å². The molecule has 0 bridgehead atoms. The molecule has 1 saturated heterocycles. The lowest BCUT2D eigenvalue weighted by atomic mass is 9.79. The molecular weight excluding hydrogens is 473 g/mol. The summed E-state index contributed by atoms with van der Waals surface area (Å²) in [6, 6.07) is 4.41. The van der Waals surface area contributed by atoms with Gasteiger partial charge in [0, 0.05) is 31.5 Å². The molecule has 1 aromatic carbocycles. The summed E-state index contributed by atoms with van der Waals surface area (Å²) < 4.78 is 65.4. The molecule has 0 aromatic heterocycles. The van der Waals surface area contributed by atoms with Crippen molar-refractivity contribution in [3.63, 3.8) is 0 Å². The standard InChI is InChI=1S/C22H29F3N4O4S/c1-15-4-6-16(7-5-15)34(32,33)29-11-9-26-20(31)17(29)12-19(30)27-18-8-10-28(13-21(18,2)3)14-22(23,24)25/h4-7,9,11,17-18H,8,10,12-14H2,1-3H3,(H,26,31)(H,27,30)/t17-,18-/m1/s1. The van der Waals surface area contributed by atoms with Gasteiger partial charge in [0.1, 0.15) is 6.04 Å². The molecule has 34 heavy (non-hydrogen) atoms. The fraction of sp³-hybridized carbons (Fsp3) is 0.545. The van der Waals surface area contributed by atoms with E-state index in [0.717, 1.165) is 9.87 Å². The van der Waals surface area contributed by atoms with Crippen LogP contribution in [0.1, 0.15) is 32.3 Å². The van der Waals surface area contributed by atoms with Gasteiger partial charge in [-0.15, -0.1) is 0 Å². The topological polar surface area (TPSA) is 98.8 Å². The summed E-state index contributed by atoms with van der Waals surface area (Å²) in [4.78, 5) is 26.6. The van der Waals surface area contributed by atoms with Gasteiger partial charge >= 0.3 is 6.18 Å². The van der Waals surface area contributed by atoms with Crippen molar-refractivity contribution in [2.24, 2.45) is 5.41 Å². The van der Waals surface area contributed by atoms with Crippen LogP contribution in [0.4, 0.5) is 13.2 Å². The van der Waals surface area contributed by atoms with Crippen molar-refractivity contribution in [2.75, 3.05) is 19.6 Å². The molecule has 0 unspecified atom stereocenters. The van der Waals surface area contributed by atoms with E-state index in [1.54, 1.807) is 26.0 Å². The van der Waals surface area contributed by atoms with Crippen LogP contribution in [0.15, 0.2) is 41.6 Å². The summed E-state index contributed by atoms with van der Waals surface area (Å²) >= 11 is 0. The van der Waals surface area contributed by atoms with Gasteiger partial charge in [-0.05, 0) is 30.9 Å². The zero-order chi connectivity index (χ0) is 25.3. The van der Waals surface area contributed by atoms with Crippen molar-refractivity contribution < 1.29 is 31.2 Å². The molecule has 8 nitrogen and oxygen atoms in total. The van der Waals surface area contributed by atoms with Crippen molar-refractivity contribution in [1.29, 1.82) is 0 Å². The lowest BCUT2D eigenvalue weighted by molar-refractivity contribution is -0.153. The Morgan fingerprint density at radius 1 is 1.24 bits per heavy atom. The molecule has 188 valence electrons. The molecule has 3 rings (SSSR count). The molecule has 2 aliphatic rings. The molecule has 0 radical (unpaired) electrons. The highest BCUT2D eigenvalue weighted by Crippen LogP contribution is 2.31. The van der Waals surface area contributed by atoms with E-state index in [1.165, 1.54) is 29.4 Å². The van der Waals surface area contributed by atoms with E-state index in [4.69, 9.17) is 0 Å². The zero-order valence-corrected chi connectivity index (χ0v) is 20.0. The number of hydrogen-bond acceptors (Lipinski definition) is 5. The van der Waals surface area contributed by atoms with Gasteiger partial charge in [0.05, 0.1) is 17.9 Å². The highest BCUT2D eigenvalue weighted by molar-refractivity contribution is 7.89. The summed E-state index contributed by atoms with van der Waals surface area (Å²) in [6.07, 6.45) is -2.03. The molecular formula is C22H29F3N4O4S. The first-order valence-electron chi connectivity index (χ1n) is 10.8. The highest BCUT2D eigenvalue weighted by atomic mass is 32.2. The molecule has 1 aromatic rings. The number of carbonyl (C=O) groups is 2. The van der Waals surface area contributed by atoms with E-state index in [9.17, 15) is 31.2 Å². The fourth-order valence-corrected chi connectivity index (χ4v) is 5.77. The third kappa shape index (κ3) is 6.09. The predicted molar refractivity (Wildman–Crippen MR) is 119 cm³/mol. The monoisotopic (exact) mass is 502 g/mol. The van der Waals surface area contributed by atoms with E-state index in [0.29, 0.717) is 6.42 Å². The number of rotatable bonds is 6. The van der Waals surface area contributed by atoms with E-state index in [2.05, 4.69) is 10.6 Å². The van der Waals surface area contributed by atoms with E-state index in [-0.39, 0.29) is 18.0 Å². The van der Waals surface area contributed by atoms with Gasteiger partial charge in [-0.3, -0.25) is 18.8 Å². The van der Waals surface area contributed by atoms with Gasteiger partial charge < -0.3 is 10.6 Å². The molecule has 0 spiro atoms. The second-order valence-corrected chi connectivity index (χ2v) is 11.3. The molecule has 2 aliphatic heterocycles. The number of likely N-dealkylation sites (tertiary alicyclic amines) is 1. The number of sulfonamides is 1. The van der Waals surface area contributed by atoms with Crippen LogP contribution in [-0.4, -0.2) is 67.3 Å². The molecule has 1 fully saturated rings. The number of nitrogens with one attached hydrogen (secondary N) is 2.